The summed E-state index contributed by atoms with van der Waals surface area (Å²) in [5.41, 5.74) is 3.98. The largest absolute Gasteiger partial charge is 0.497 e. The Hall–Kier alpha value is -2.53. The number of benzene rings is 2. The van der Waals surface area contributed by atoms with Crippen molar-refractivity contribution in [1.82, 2.24) is 15.1 Å². The number of ether oxygens (including phenoxy) is 1. The number of piperidine rings is 2. The average Bonchev–Trinajstić information content (AvgIpc) is 2.81. The quantitative estimate of drug-likeness (QED) is 0.840. The number of hydrogen-bond acceptors (Lipinski definition) is 3. The van der Waals surface area contributed by atoms with Gasteiger partial charge in [-0.15, -0.1) is 0 Å². The Morgan fingerprint density at radius 3 is 2.87 bits per heavy atom. The first-order valence-electron chi connectivity index (χ1n) is 11.2. The van der Waals surface area contributed by atoms with Crippen LogP contribution in [0.15, 0.2) is 48.5 Å². The average molecular weight is 406 g/mol. The van der Waals surface area contributed by atoms with Crippen molar-refractivity contribution in [2.45, 2.75) is 44.3 Å². The monoisotopic (exact) mass is 405 g/mol. The smallest absolute Gasteiger partial charge is 0.317 e. The van der Waals surface area contributed by atoms with E-state index in [0.717, 1.165) is 50.2 Å². The van der Waals surface area contributed by atoms with Crippen LogP contribution in [-0.4, -0.2) is 48.6 Å². The van der Waals surface area contributed by atoms with Gasteiger partial charge in [0.15, 0.2) is 0 Å². The van der Waals surface area contributed by atoms with Gasteiger partial charge in [-0.05, 0) is 60.4 Å². The molecule has 0 aromatic heterocycles. The minimum atomic E-state index is 0.0905. The van der Waals surface area contributed by atoms with Gasteiger partial charge >= 0.3 is 6.03 Å². The van der Waals surface area contributed by atoms with Crippen molar-refractivity contribution in [3.63, 3.8) is 0 Å². The van der Waals surface area contributed by atoms with Crippen molar-refractivity contribution < 1.29 is 9.53 Å². The summed E-state index contributed by atoms with van der Waals surface area (Å²) in [6.07, 6.45) is 4.45. The number of nitrogens with one attached hydrogen (secondary N) is 1. The van der Waals surface area contributed by atoms with E-state index in [1.165, 1.54) is 17.5 Å². The molecule has 3 heterocycles. The first kappa shape index (κ1) is 19.4. The molecular weight excluding hydrogens is 374 g/mol. The number of methoxy groups -OCH3 is 1. The molecular formula is C25H31N3O2. The number of likely N-dealkylation sites (tertiary alicyclic amines) is 1. The lowest BCUT2D eigenvalue weighted by molar-refractivity contribution is 0.00565. The zero-order valence-corrected chi connectivity index (χ0v) is 17.7. The van der Waals surface area contributed by atoms with E-state index in [2.05, 4.69) is 45.4 Å². The summed E-state index contributed by atoms with van der Waals surface area (Å²) >= 11 is 0. The fourth-order valence-corrected chi connectivity index (χ4v) is 5.69. The lowest BCUT2D eigenvalue weighted by atomic mass is 9.76. The second kappa shape index (κ2) is 8.31. The Morgan fingerprint density at radius 1 is 1.17 bits per heavy atom. The molecule has 0 saturated carbocycles. The topological polar surface area (TPSA) is 44.8 Å². The third-order valence-electron chi connectivity index (χ3n) is 7.22. The normalized spacial score (nSPS) is 25.6. The van der Waals surface area contributed by atoms with E-state index in [9.17, 15) is 4.79 Å². The summed E-state index contributed by atoms with van der Waals surface area (Å²) in [5, 5.41) is 3.16. The molecule has 0 spiro atoms. The van der Waals surface area contributed by atoms with E-state index in [4.69, 9.17) is 4.74 Å². The lowest BCUT2D eigenvalue weighted by Gasteiger charge is -2.52. The Bertz CT molecular complexity index is 901. The molecule has 0 bridgehead atoms. The highest BCUT2D eigenvalue weighted by Crippen LogP contribution is 2.43. The number of carbonyl (C=O) groups excluding carboxylic acids is 1. The second-order valence-corrected chi connectivity index (χ2v) is 8.87. The number of urea groups is 1. The highest BCUT2D eigenvalue weighted by Gasteiger charge is 2.43. The zero-order valence-electron chi connectivity index (χ0n) is 17.7. The minimum absolute atomic E-state index is 0.0905. The van der Waals surface area contributed by atoms with Crippen molar-refractivity contribution in [2.24, 2.45) is 5.92 Å². The van der Waals surface area contributed by atoms with Crippen LogP contribution in [0.1, 0.15) is 42.0 Å². The van der Waals surface area contributed by atoms with E-state index < -0.39 is 0 Å². The number of carbonyl (C=O) groups is 1. The predicted molar refractivity (Wildman–Crippen MR) is 118 cm³/mol. The summed E-state index contributed by atoms with van der Waals surface area (Å²) in [6.45, 7) is 3.66. The molecule has 0 radical (unpaired) electrons. The molecule has 30 heavy (non-hydrogen) atoms. The minimum Gasteiger partial charge on any atom is -0.497 e. The van der Waals surface area contributed by atoms with Crippen LogP contribution in [0.5, 0.6) is 5.75 Å². The summed E-state index contributed by atoms with van der Waals surface area (Å²) in [6, 6.07) is 17.5. The lowest BCUT2D eigenvalue weighted by Crippen LogP contribution is -2.59. The van der Waals surface area contributed by atoms with Crippen molar-refractivity contribution in [3.8, 4) is 5.75 Å². The van der Waals surface area contributed by atoms with Gasteiger partial charge in [0.2, 0.25) is 0 Å². The van der Waals surface area contributed by atoms with E-state index in [0.29, 0.717) is 24.5 Å². The maximum atomic E-state index is 13.1. The van der Waals surface area contributed by atoms with Gasteiger partial charge < -0.3 is 15.0 Å². The van der Waals surface area contributed by atoms with Gasteiger partial charge in [0.25, 0.3) is 0 Å². The molecule has 2 amide bonds. The summed E-state index contributed by atoms with van der Waals surface area (Å²) in [5.74, 6) is 1.52. The van der Waals surface area contributed by atoms with Crippen LogP contribution in [0.2, 0.25) is 0 Å². The van der Waals surface area contributed by atoms with Crippen molar-refractivity contribution in [2.75, 3.05) is 26.7 Å². The Labute approximate surface area is 179 Å². The fraction of sp³-hybridized carbons (Fsp3) is 0.480. The van der Waals surface area contributed by atoms with Gasteiger partial charge in [0, 0.05) is 38.3 Å². The molecule has 5 heteroatoms. The standard InChI is InChI=1S/C25H31N3O2/c1-30-21-9-10-22-19(14-21)11-13-27-17-20-8-5-12-28(23(20)15-24(22)27)25(29)26-16-18-6-3-2-4-7-18/h2-4,6-7,9-10,14,20,23-24H,5,8,11-13,15-17H2,1H3,(H,26,29). The third kappa shape index (κ3) is 3.67. The molecule has 3 unspecified atom stereocenters. The number of nitrogens with zero attached hydrogens (tertiary/aromatic N) is 2. The molecule has 5 rings (SSSR count). The van der Waals surface area contributed by atoms with E-state index >= 15 is 0 Å². The molecule has 2 aromatic carbocycles. The summed E-state index contributed by atoms with van der Waals surface area (Å²) < 4.78 is 5.44. The number of rotatable bonds is 3. The van der Waals surface area contributed by atoms with Crippen LogP contribution in [0.4, 0.5) is 4.79 Å². The van der Waals surface area contributed by atoms with Crippen molar-refractivity contribution in [1.29, 1.82) is 0 Å². The number of hydrogen-bond donors (Lipinski definition) is 1. The van der Waals surface area contributed by atoms with Crippen LogP contribution >= 0.6 is 0 Å². The molecule has 3 aliphatic heterocycles. The van der Waals surface area contributed by atoms with Crippen molar-refractivity contribution in [3.05, 3.63) is 65.2 Å². The molecule has 1 N–H and O–H groups in total. The molecule has 2 aromatic rings. The highest BCUT2D eigenvalue weighted by molar-refractivity contribution is 5.74. The van der Waals surface area contributed by atoms with Crippen LogP contribution in [0, 0.1) is 5.92 Å². The van der Waals surface area contributed by atoms with E-state index in [1.54, 1.807) is 7.11 Å². The molecule has 0 aliphatic carbocycles. The first-order valence-corrected chi connectivity index (χ1v) is 11.2. The molecule has 3 atom stereocenters. The van der Waals surface area contributed by atoms with Crippen molar-refractivity contribution >= 4 is 6.03 Å². The van der Waals surface area contributed by atoms with Gasteiger partial charge in [0.1, 0.15) is 5.75 Å². The Kier molecular flexibility index (Phi) is 5.38. The Morgan fingerprint density at radius 2 is 2.03 bits per heavy atom. The third-order valence-corrected chi connectivity index (χ3v) is 7.22. The van der Waals surface area contributed by atoms with Crippen LogP contribution < -0.4 is 10.1 Å². The van der Waals surface area contributed by atoms with Crippen LogP contribution in [0.25, 0.3) is 0 Å². The van der Waals surface area contributed by atoms with Gasteiger partial charge in [-0.25, -0.2) is 4.79 Å². The summed E-state index contributed by atoms with van der Waals surface area (Å²) in [4.78, 5) is 17.9. The van der Waals surface area contributed by atoms with Gasteiger partial charge in [0.05, 0.1) is 7.11 Å². The first-order chi connectivity index (χ1) is 14.7. The number of amides is 2. The molecule has 3 aliphatic rings. The summed E-state index contributed by atoms with van der Waals surface area (Å²) in [7, 11) is 1.73. The predicted octanol–water partition coefficient (Wildman–Crippen LogP) is 3.99. The molecule has 2 fully saturated rings. The van der Waals surface area contributed by atoms with Crippen LogP contribution in [0.3, 0.4) is 0 Å². The van der Waals surface area contributed by atoms with Gasteiger partial charge in [-0.2, -0.15) is 0 Å². The molecule has 2 saturated heterocycles. The zero-order chi connectivity index (χ0) is 20.5. The van der Waals surface area contributed by atoms with E-state index in [-0.39, 0.29) is 6.03 Å². The molecule has 158 valence electrons. The van der Waals surface area contributed by atoms with Gasteiger partial charge in [-0.1, -0.05) is 36.4 Å². The maximum absolute atomic E-state index is 13.1. The fourth-order valence-electron chi connectivity index (χ4n) is 5.69. The van der Waals surface area contributed by atoms with E-state index in [1.807, 2.05) is 18.2 Å². The second-order valence-electron chi connectivity index (χ2n) is 8.87. The van der Waals surface area contributed by atoms with Crippen LogP contribution in [-0.2, 0) is 13.0 Å². The molecule has 5 nitrogen and oxygen atoms in total. The van der Waals surface area contributed by atoms with Gasteiger partial charge in [-0.3, -0.25) is 4.90 Å². The SMILES string of the molecule is COc1ccc2c(c1)CCN1CC3CCCN(C(=O)NCc4ccccc4)C3CC21. The maximum Gasteiger partial charge on any atom is 0.317 e. The number of fused-ring (bicyclic) bond motifs is 4. The highest BCUT2D eigenvalue weighted by atomic mass is 16.5. The Balaban J connectivity index is 1.32.